The molecule has 1 unspecified atom stereocenters. The van der Waals surface area contributed by atoms with Crippen LogP contribution >= 0.6 is 0 Å². The molecule has 0 amide bonds. The van der Waals surface area contributed by atoms with E-state index < -0.39 is 34.0 Å². The third-order valence-electron chi connectivity index (χ3n) is 1.16. The van der Waals surface area contributed by atoms with Gasteiger partial charge in [-0.1, -0.05) is 0 Å². The average molecular weight is 320 g/mol. The van der Waals surface area contributed by atoms with Crippen molar-refractivity contribution in [1.29, 1.82) is 0 Å². The third kappa shape index (κ3) is 4.45. The van der Waals surface area contributed by atoms with E-state index in [2.05, 4.69) is 0 Å². The molecule has 0 aromatic heterocycles. The maximum atomic E-state index is 12.2. The molecule has 0 saturated carbocycles. The molecule has 1 atom stereocenters. The smallest absolute Gasteiger partial charge is 0.743 e. The zero-order valence-corrected chi connectivity index (χ0v) is 11.0. The van der Waals surface area contributed by atoms with Gasteiger partial charge >= 0.3 is 47.1 Å². The summed E-state index contributed by atoms with van der Waals surface area (Å²) < 4.78 is 126. The Morgan fingerprint density at radius 3 is 1.56 bits per heavy atom. The van der Waals surface area contributed by atoms with Crippen LogP contribution in [0.1, 0.15) is 0 Å². The molecule has 0 aromatic rings. The van der Waals surface area contributed by atoms with Gasteiger partial charge in [0.05, 0.1) is 0 Å². The molecule has 104 valence electrons. The molecule has 0 aliphatic heterocycles. The summed E-state index contributed by atoms with van der Waals surface area (Å²) in [5.41, 5.74) is 0. The van der Waals surface area contributed by atoms with Gasteiger partial charge in [0.1, 0.15) is 0 Å². The SMILES string of the molecule is O=S(=O)([O-])C(F)(F)C(F)(F)OC(F)C(F)(F)F.[Na+]. The first-order valence-electron chi connectivity index (χ1n) is 3.22. The first kappa shape index (κ1) is 20.6. The molecule has 18 heavy (non-hydrogen) atoms. The summed E-state index contributed by atoms with van der Waals surface area (Å²) in [5.74, 6) is 0. The first-order chi connectivity index (χ1) is 7.13. The van der Waals surface area contributed by atoms with E-state index >= 15 is 0 Å². The minimum absolute atomic E-state index is 0. The van der Waals surface area contributed by atoms with Crippen molar-refractivity contribution in [3.05, 3.63) is 0 Å². The second kappa shape index (κ2) is 5.75. The fourth-order valence-electron chi connectivity index (χ4n) is 0.411. The van der Waals surface area contributed by atoms with Crippen LogP contribution in [0.25, 0.3) is 0 Å². The largest absolute Gasteiger partial charge is 1.00 e. The van der Waals surface area contributed by atoms with Crippen molar-refractivity contribution in [2.24, 2.45) is 0 Å². The Balaban J connectivity index is 0. The summed E-state index contributed by atoms with van der Waals surface area (Å²) in [7, 11) is -7.04. The van der Waals surface area contributed by atoms with Crippen LogP contribution in [-0.4, -0.2) is 36.9 Å². The molecule has 14 heteroatoms. The molecule has 0 aromatic carbocycles. The van der Waals surface area contributed by atoms with Gasteiger partial charge < -0.3 is 4.55 Å². The number of hydrogen-bond donors (Lipinski definition) is 0. The van der Waals surface area contributed by atoms with Crippen LogP contribution in [0.15, 0.2) is 0 Å². The predicted octanol–water partition coefficient (Wildman–Crippen LogP) is -1.40. The van der Waals surface area contributed by atoms with Gasteiger partial charge in [-0.3, -0.25) is 4.74 Å². The molecule has 0 bridgehead atoms. The topological polar surface area (TPSA) is 66.4 Å². The zero-order valence-electron chi connectivity index (χ0n) is 8.14. The Kier molecular flexibility index (Phi) is 6.58. The quantitative estimate of drug-likeness (QED) is 0.363. The van der Waals surface area contributed by atoms with Crippen molar-refractivity contribution in [3.63, 3.8) is 0 Å². The summed E-state index contributed by atoms with van der Waals surface area (Å²) >= 11 is 0. The van der Waals surface area contributed by atoms with Crippen molar-refractivity contribution in [2.75, 3.05) is 0 Å². The van der Waals surface area contributed by atoms with Crippen molar-refractivity contribution >= 4 is 10.1 Å². The predicted molar refractivity (Wildman–Crippen MR) is 31.6 cm³/mol. The van der Waals surface area contributed by atoms with Gasteiger partial charge in [-0.2, -0.15) is 30.7 Å². The van der Waals surface area contributed by atoms with Crippen LogP contribution in [0.5, 0.6) is 0 Å². The van der Waals surface area contributed by atoms with Crippen LogP contribution in [-0.2, 0) is 14.9 Å². The van der Waals surface area contributed by atoms with E-state index in [0.29, 0.717) is 0 Å². The van der Waals surface area contributed by atoms with Crippen LogP contribution in [0.2, 0.25) is 0 Å². The average Bonchev–Trinajstić information content (AvgIpc) is 1.98. The summed E-state index contributed by atoms with van der Waals surface area (Å²) in [6.07, 6.45) is -17.4. The number of halogens is 8. The normalized spacial score (nSPS) is 16.1. The molecule has 0 aliphatic rings. The molecule has 0 aliphatic carbocycles. The second-order valence-corrected chi connectivity index (χ2v) is 3.88. The first-order valence-corrected chi connectivity index (χ1v) is 4.63. The fourth-order valence-corrected chi connectivity index (χ4v) is 0.750. The summed E-state index contributed by atoms with van der Waals surface area (Å²) in [6, 6.07) is 0. The van der Waals surface area contributed by atoms with Gasteiger partial charge in [-0.25, -0.2) is 12.8 Å². The molecule has 0 saturated heterocycles. The Hall–Kier alpha value is 0.310. The Morgan fingerprint density at radius 1 is 1.00 bits per heavy atom. The molecule has 4 nitrogen and oxygen atoms in total. The van der Waals surface area contributed by atoms with Crippen molar-refractivity contribution < 1.29 is 82.4 Å². The summed E-state index contributed by atoms with van der Waals surface area (Å²) in [4.78, 5) is 0. The number of alkyl halides is 8. The van der Waals surface area contributed by atoms with Crippen molar-refractivity contribution in [2.45, 2.75) is 23.9 Å². The van der Waals surface area contributed by atoms with Gasteiger partial charge in [0, 0.05) is 0 Å². The monoisotopic (exact) mass is 320 g/mol. The number of rotatable bonds is 4. The van der Waals surface area contributed by atoms with Crippen LogP contribution < -0.4 is 29.6 Å². The van der Waals surface area contributed by atoms with Crippen molar-refractivity contribution in [3.8, 4) is 0 Å². The summed E-state index contributed by atoms with van der Waals surface area (Å²) in [6.45, 7) is 0. The molecular weight excluding hydrogens is 319 g/mol. The van der Waals surface area contributed by atoms with Crippen LogP contribution in [0.3, 0.4) is 0 Å². The Bertz CT molecular complexity index is 377. The van der Waals surface area contributed by atoms with Crippen molar-refractivity contribution in [1.82, 2.24) is 0 Å². The minimum Gasteiger partial charge on any atom is -0.743 e. The van der Waals surface area contributed by atoms with E-state index in [1.165, 1.54) is 0 Å². The third-order valence-corrected chi connectivity index (χ3v) is 2.03. The number of hydrogen-bond acceptors (Lipinski definition) is 4. The van der Waals surface area contributed by atoms with Crippen LogP contribution in [0.4, 0.5) is 35.1 Å². The Labute approximate surface area is 116 Å². The van der Waals surface area contributed by atoms with Gasteiger partial charge in [0.25, 0.3) is 6.36 Å². The van der Waals surface area contributed by atoms with E-state index in [0.717, 1.165) is 0 Å². The van der Waals surface area contributed by atoms with Gasteiger partial charge in [-0.15, -0.1) is 0 Å². The standard InChI is InChI=1S/C4H2F8O4S.Na/c5-1(2(6,7)8)16-3(9,10)4(11,12)17(13,14)15;/h1H,(H,13,14,15);/q;+1/p-1. The van der Waals surface area contributed by atoms with Gasteiger partial charge in [0.2, 0.25) is 0 Å². The van der Waals surface area contributed by atoms with E-state index in [1.54, 1.807) is 0 Å². The molecule has 0 N–H and O–H groups in total. The molecule has 0 heterocycles. The van der Waals surface area contributed by atoms with E-state index in [-0.39, 0.29) is 29.6 Å². The Morgan fingerprint density at radius 2 is 1.33 bits per heavy atom. The van der Waals surface area contributed by atoms with E-state index in [9.17, 15) is 48.1 Å². The zero-order chi connectivity index (χ0) is 14.3. The fraction of sp³-hybridized carbons (Fsp3) is 1.00. The molecular formula is C4HF8NaO4S. The van der Waals surface area contributed by atoms with Crippen LogP contribution in [0, 0.1) is 0 Å². The van der Waals surface area contributed by atoms with Gasteiger partial charge in [-0.05, 0) is 0 Å². The van der Waals surface area contributed by atoms with Gasteiger partial charge in [0.15, 0.2) is 10.1 Å². The second-order valence-electron chi connectivity index (χ2n) is 2.46. The maximum Gasteiger partial charge on any atom is 1.00 e. The summed E-state index contributed by atoms with van der Waals surface area (Å²) in [5, 5.41) is -6.55. The molecule has 0 radical (unpaired) electrons. The van der Waals surface area contributed by atoms with E-state index in [4.69, 9.17) is 0 Å². The minimum atomic E-state index is -7.04. The molecule has 0 rings (SSSR count). The maximum absolute atomic E-state index is 12.2. The van der Waals surface area contributed by atoms with E-state index in [1.807, 2.05) is 4.74 Å². The number of ether oxygens (including phenoxy) is 1. The molecule has 0 fully saturated rings. The molecule has 0 spiro atoms.